The molecule has 5 rings (SSSR count). The van der Waals surface area contributed by atoms with E-state index in [0.29, 0.717) is 16.8 Å². The van der Waals surface area contributed by atoms with Crippen molar-refractivity contribution in [2.75, 3.05) is 7.11 Å². The number of nitrogens with one attached hydrogen (secondary N) is 1. The third-order valence-electron chi connectivity index (χ3n) is 5.63. The van der Waals surface area contributed by atoms with E-state index in [-0.39, 0.29) is 11.4 Å². The summed E-state index contributed by atoms with van der Waals surface area (Å²) in [6.45, 7) is 0. The summed E-state index contributed by atoms with van der Waals surface area (Å²) in [4.78, 5) is 7.83. The standard InChI is InChI=1S/C25H17N5O/c1-30-21-10-6-3-7-15(21)11-22(30)23-17(12-26)24(29-25(31-2)18(23)13-27)19-14-28-20-9-5-4-8-16(19)20/h3-11,14,28H,1-2H3. The van der Waals surface area contributed by atoms with Gasteiger partial charge in [-0.15, -0.1) is 0 Å². The molecule has 0 amide bonds. The van der Waals surface area contributed by atoms with Crippen LogP contribution in [0.3, 0.4) is 0 Å². The maximum atomic E-state index is 10.2. The highest BCUT2D eigenvalue weighted by molar-refractivity contribution is 5.99. The predicted octanol–water partition coefficient (Wildman–Crippen LogP) is 5.14. The summed E-state index contributed by atoms with van der Waals surface area (Å²) in [6, 6.07) is 22.3. The fourth-order valence-corrected chi connectivity index (χ4v) is 4.17. The number of benzene rings is 2. The average Bonchev–Trinajstić information content (AvgIpc) is 3.39. The molecular formula is C25H17N5O. The number of nitriles is 2. The molecule has 0 saturated heterocycles. The fourth-order valence-electron chi connectivity index (χ4n) is 4.17. The monoisotopic (exact) mass is 403 g/mol. The van der Waals surface area contributed by atoms with Crippen LogP contribution >= 0.6 is 0 Å². The molecule has 0 fully saturated rings. The van der Waals surface area contributed by atoms with E-state index in [4.69, 9.17) is 4.74 Å². The van der Waals surface area contributed by atoms with Crippen LogP contribution in [-0.4, -0.2) is 21.6 Å². The number of rotatable bonds is 3. The average molecular weight is 403 g/mol. The second-order valence-electron chi connectivity index (χ2n) is 7.21. The predicted molar refractivity (Wildman–Crippen MR) is 119 cm³/mol. The van der Waals surface area contributed by atoms with Crippen molar-refractivity contribution in [1.82, 2.24) is 14.5 Å². The van der Waals surface area contributed by atoms with Gasteiger partial charge in [0.25, 0.3) is 0 Å². The molecule has 0 spiro atoms. The van der Waals surface area contributed by atoms with E-state index in [1.54, 1.807) is 0 Å². The summed E-state index contributed by atoms with van der Waals surface area (Å²) < 4.78 is 7.49. The number of aryl methyl sites for hydroxylation is 1. The van der Waals surface area contributed by atoms with Crippen LogP contribution in [0.25, 0.3) is 44.3 Å². The number of H-pyrrole nitrogens is 1. The molecule has 6 heteroatoms. The Labute approximate surface area is 178 Å². The summed E-state index contributed by atoms with van der Waals surface area (Å²) in [5.74, 6) is 0.196. The first-order chi connectivity index (χ1) is 15.2. The largest absolute Gasteiger partial charge is 0.480 e. The van der Waals surface area contributed by atoms with Gasteiger partial charge in [0, 0.05) is 46.2 Å². The van der Waals surface area contributed by atoms with Crippen LogP contribution in [0.4, 0.5) is 0 Å². The number of nitrogens with zero attached hydrogens (tertiary/aromatic N) is 4. The lowest BCUT2D eigenvalue weighted by Gasteiger charge is -2.15. The van der Waals surface area contributed by atoms with Gasteiger partial charge in [0.1, 0.15) is 17.7 Å². The van der Waals surface area contributed by atoms with Crippen molar-refractivity contribution in [2.45, 2.75) is 0 Å². The summed E-state index contributed by atoms with van der Waals surface area (Å²) >= 11 is 0. The van der Waals surface area contributed by atoms with Gasteiger partial charge in [-0.1, -0.05) is 36.4 Å². The normalized spacial score (nSPS) is 10.8. The van der Waals surface area contributed by atoms with Crippen LogP contribution in [0.15, 0.2) is 60.8 Å². The van der Waals surface area contributed by atoms with E-state index in [0.717, 1.165) is 33.1 Å². The maximum absolute atomic E-state index is 10.2. The summed E-state index contributed by atoms with van der Waals surface area (Å²) in [6.07, 6.45) is 1.84. The number of fused-ring (bicyclic) bond motifs is 2. The first kappa shape index (κ1) is 18.5. The third-order valence-corrected chi connectivity index (χ3v) is 5.63. The first-order valence-corrected chi connectivity index (χ1v) is 9.71. The minimum atomic E-state index is 0.196. The molecule has 0 unspecified atom stereocenters. The Balaban J connectivity index is 1.92. The smallest absolute Gasteiger partial charge is 0.232 e. The Hall–Kier alpha value is -4.55. The quantitative estimate of drug-likeness (QED) is 0.451. The second-order valence-corrected chi connectivity index (χ2v) is 7.21. The molecule has 5 aromatic rings. The van der Waals surface area contributed by atoms with E-state index in [2.05, 4.69) is 22.1 Å². The van der Waals surface area contributed by atoms with E-state index in [1.807, 2.05) is 72.4 Å². The number of methoxy groups -OCH3 is 1. The molecule has 0 saturated carbocycles. The third kappa shape index (κ3) is 2.67. The lowest BCUT2D eigenvalue weighted by molar-refractivity contribution is 0.397. The molecular weight excluding hydrogens is 386 g/mol. The lowest BCUT2D eigenvalue weighted by Crippen LogP contribution is -2.04. The highest BCUT2D eigenvalue weighted by atomic mass is 16.5. The minimum Gasteiger partial charge on any atom is -0.480 e. The number of ether oxygens (including phenoxy) is 1. The molecule has 3 heterocycles. The summed E-state index contributed by atoms with van der Waals surface area (Å²) in [5.41, 5.74) is 5.09. The van der Waals surface area contributed by atoms with Crippen LogP contribution in [0.1, 0.15) is 11.1 Å². The molecule has 31 heavy (non-hydrogen) atoms. The van der Waals surface area contributed by atoms with Gasteiger partial charge in [0.2, 0.25) is 5.88 Å². The molecule has 0 aliphatic heterocycles. The Bertz CT molecular complexity index is 1560. The van der Waals surface area contributed by atoms with Crippen molar-refractivity contribution in [3.05, 3.63) is 71.9 Å². The van der Waals surface area contributed by atoms with E-state index in [9.17, 15) is 10.5 Å². The van der Waals surface area contributed by atoms with E-state index in [1.165, 1.54) is 7.11 Å². The Kier molecular flexibility index (Phi) is 4.20. The number of hydrogen-bond donors (Lipinski definition) is 1. The molecule has 0 radical (unpaired) electrons. The molecule has 1 N–H and O–H groups in total. The van der Waals surface area contributed by atoms with Gasteiger partial charge in [-0.05, 0) is 18.2 Å². The topological polar surface area (TPSA) is 90.4 Å². The van der Waals surface area contributed by atoms with Crippen LogP contribution in [0, 0.1) is 22.7 Å². The van der Waals surface area contributed by atoms with Crippen molar-refractivity contribution < 1.29 is 4.74 Å². The van der Waals surface area contributed by atoms with Crippen LogP contribution in [-0.2, 0) is 7.05 Å². The SMILES string of the molecule is COc1nc(-c2c[nH]c3ccccc23)c(C#N)c(-c2cc3ccccc3n2C)c1C#N. The molecule has 0 aliphatic rings. The van der Waals surface area contributed by atoms with Gasteiger partial charge in [-0.25, -0.2) is 4.98 Å². The van der Waals surface area contributed by atoms with Gasteiger partial charge in [-0.2, -0.15) is 10.5 Å². The van der Waals surface area contributed by atoms with Crippen LogP contribution < -0.4 is 4.74 Å². The van der Waals surface area contributed by atoms with Gasteiger partial charge < -0.3 is 14.3 Å². The number of hydrogen-bond acceptors (Lipinski definition) is 4. The number of aromatic nitrogens is 3. The molecule has 0 bridgehead atoms. The second kappa shape index (κ2) is 7.05. The van der Waals surface area contributed by atoms with Crippen molar-refractivity contribution in [2.24, 2.45) is 7.05 Å². The van der Waals surface area contributed by atoms with Gasteiger partial charge >= 0.3 is 0 Å². The number of pyridine rings is 1. The summed E-state index contributed by atoms with van der Waals surface area (Å²) in [7, 11) is 3.41. The van der Waals surface area contributed by atoms with Gasteiger partial charge in [0.05, 0.1) is 24.1 Å². The Morgan fingerprint density at radius 1 is 1.00 bits per heavy atom. The zero-order valence-corrected chi connectivity index (χ0v) is 17.0. The Morgan fingerprint density at radius 2 is 1.74 bits per heavy atom. The Morgan fingerprint density at radius 3 is 2.48 bits per heavy atom. The number of para-hydroxylation sites is 2. The first-order valence-electron chi connectivity index (χ1n) is 9.71. The number of aromatic amines is 1. The van der Waals surface area contributed by atoms with E-state index >= 15 is 0 Å². The highest BCUT2D eigenvalue weighted by Gasteiger charge is 2.26. The molecule has 148 valence electrons. The van der Waals surface area contributed by atoms with Gasteiger partial charge in [-0.3, -0.25) is 0 Å². The molecule has 6 nitrogen and oxygen atoms in total. The van der Waals surface area contributed by atoms with Crippen molar-refractivity contribution >= 4 is 21.8 Å². The zero-order valence-electron chi connectivity index (χ0n) is 17.0. The molecule has 0 atom stereocenters. The zero-order chi connectivity index (χ0) is 21.5. The van der Waals surface area contributed by atoms with Crippen molar-refractivity contribution in [3.63, 3.8) is 0 Å². The van der Waals surface area contributed by atoms with E-state index < -0.39 is 0 Å². The van der Waals surface area contributed by atoms with Crippen LogP contribution in [0.5, 0.6) is 5.88 Å². The lowest BCUT2D eigenvalue weighted by atomic mass is 9.95. The fraction of sp³-hybridized carbons (Fsp3) is 0.0800. The molecule has 0 aliphatic carbocycles. The minimum absolute atomic E-state index is 0.196. The van der Waals surface area contributed by atoms with Crippen molar-refractivity contribution in [1.29, 1.82) is 10.5 Å². The summed E-state index contributed by atoms with van der Waals surface area (Å²) in [5, 5.41) is 22.2. The molecule has 3 aromatic heterocycles. The van der Waals surface area contributed by atoms with Crippen LogP contribution in [0.2, 0.25) is 0 Å². The highest BCUT2D eigenvalue weighted by Crippen LogP contribution is 2.41. The van der Waals surface area contributed by atoms with Crippen molar-refractivity contribution in [3.8, 4) is 40.5 Å². The van der Waals surface area contributed by atoms with Gasteiger partial charge in [0.15, 0.2) is 0 Å². The molecule has 2 aromatic carbocycles. The maximum Gasteiger partial charge on any atom is 0.232 e.